The largest absolute Gasteiger partial charge is 0.417 e. The summed E-state index contributed by atoms with van der Waals surface area (Å²) in [5.74, 6) is -0.726. The molecule has 5 nitrogen and oxygen atoms in total. The van der Waals surface area contributed by atoms with E-state index in [1.165, 1.54) is 24.3 Å². The molecular weight excluding hydrogens is 345 g/mol. The highest BCUT2D eigenvalue weighted by Gasteiger charge is 2.30. The maximum atomic E-state index is 12.4. The van der Waals surface area contributed by atoms with Crippen LogP contribution in [0.15, 0.2) is 42.6 Å². The normalized spacial score (nSPS) is 12.0. The number of rotatable bonds is 4. The van der Waals surface area contributed by atoms with Crippen molar-refractivity contribution in [3.8, 4) is 0 Å². The minimum atomic E-state index is -4.50. The highest BCUT2D eigenvalue weighted by atomic mass is 32.2. The maximum absolute atomic E-state index is 12.4. The number of hydrogen-bond acceptors (Lipinski definition) is 4. The Bertz CT molecular complexity index is 830. The van der Waals surface area contributed by atoms with Gasteiger partial charge < -0.3 is 5.32 Å². The third kappa shape index (κ3) is 5.05. The molecule has 0 fully saturated rings. The summed E-state index contributed by atoms with van der Waals surface area (Å²) in [6, 6.07) is 7.72. The Morgan fingerprint density at radius 3 is 2.21 bits per heavy atom. The molecule has 1 aromatic heterocycles. The maximum Gasteiger partial charge on any atom is 0.417 e. The highest BCUT2D eigenvalue weighted by molar-refractivity contribution is 7.89. The van der Waals surface area contributed by atoms with Gasteiger partial charge in [0.1, 0.15) is 5.82 Å². The van der Waals surface area contributed by atoms with Gasteiger partial charge in [-0.05, 0) is 29.8 Å². The predicted octanol–water partition coefficient (Wildman–Crippen LogP) is 2.90. The van der Waals surface area contributed by atoms with Crippen molar-refractivity contribution in [1.82, 2.24) is 4.98 Å². The molecule has 1 aromatic carbocycles. The van der Waals surface area contributed by atoms with Gasteiger partial charge in [0, 0.05) is 18.0 Å². The van der Waals surface area contributed by atoms with Gasteiger partial charge in [-0.2, -0.15) is 13.2 Å². The number of benzene rings is 1. The Hall–Kier alpha value is -2.42. The standard InChI is InChI=1S/C15H13F3N2O3S/c1-24(22,23)9-10-2-4-11(5-3-10)14(21)20-13-7-6-12(8-19-13)15(16,17)18/h2-8H,9H2,1H3,(H,19,20,21). The Balaban J connectivity index is 2.07. The molecule has 1 heterocycles. The van der Waals surface area contributed by atoms with E-state index >= 15 is 0 Å². The lowest BCUT2D eigenvalue weighted by atomic mass is 10.1. The monoisotopic (exact) mass is 358 g/mol. The summed E-state index contributed by atoms with van der Waals surface area (Å²) >= 11 is 0. The van der Waals surface area contributed by atoms with Crippen LogP contribution in [0.1, 0.15) is 21.5 Å². The lowest BCUT2D eigenvalue weighted by Gasteiger charge is -2.08. The average Bonchev–Trinajstić information content (AvgIpc) is 2.46. The van der Waals surface area contributed by atoms with Crippen LogP contribution in [0.5, 0.6) is 0 Å². The van der Waals surface area contributed by atoms with Crippen LogP contribution < -0.4 is 5.32 Å². The van der Waals surface area contributed by atoms with Crippen molar-refractivity contribution in [3.63, 3.8) is 0 Å². The molecule has 0 unspecified atom stereocenters. The van der Waals surface area contributed by atoms with Gasteiger partial charge in [-0.25, -0.2) is 13.4 Å². The Morgan fingerprint density at radius 2 is 1.75 bits per heavy atom. The molecule has 0 radical (unpaired) electrons. The number of alkyl halides is 3. The molecule has 0 bridgehead atoms. The van der Waals surface area contributed by atoms with E-state index in [1.807, 2.05) is 0 Å². The Labute approximate surface area is 136 Å². The molecule has 0 atom stereocenters. The van der Waals surface area contributed by atoms with E-state index in [9.17, 15) is 26.4 Å². The molecule has 0 saturated carbocycles. The van der Waals surface area contributed by atoms with Crippen LogP contribution in [-0.4, -0.2) is 25.6 Å². The van der Waals surface area contributed by atoms with Crippen LogP contribution in [0.2, 0.25) is 0 Å². The second kappa shape index (κ2) is 6.60. The van der Waals surface area contributed by atoms with E-state index in [0.717, 1.165) is 18.4 Å². The van der Waals surface area contributed by atoms with E-state index in [0.29, 0.717) is 11.8 Å². The number of nitrogens with zero attached hydrogens (tertiary/aromatic N) is 1. The van der Waals surface area contributed by atoms with Crippen LogP contribution in [0.3, 0.4) is 0 Å². The number of hydrogen-bond donors (Lipinski definition) is 1. The van der Waals surface area contributed by atoms with Gasteiger partial charge in [-0.1, -0.05) is 12.1 Å². The molecule has 0 spiro atoms. The summed E-state index contributed by atoms with van der Waals surface area (Å²) in [5.41, 5.74) is -0.152. The third-order valence-electron chi connectivity index (χ3n) is 2.98. The first-order valence-corrected chi connectivity index (χ1v) is 8.72. The number of aromatic nitrogens is 1. The summed E-state index contributed by atoms with van der Waals surface area (Å²) in [6.07, 6.45) is -2.76. The molecule has 2 aromatic rings. The van der Waals surface area contributed by atoms with E-state index in [4.69, 9.17) is 0 Å². The number of anilines is 1. The zero-order valence-electron chi connectivity index (χ0n) is 12.5. The second-order valence-corrected chi connectivity index (χ2v) is 7.29. The van der Waals surface area contributed by atoms with Gasteiger partial charge in [0.25, 0.3) is 5.91 Å². The summed E-state index contributed by atoms with van der Waals surface area (Å²) in [4.78, 5) is 15.5. The molecule has 9 heteroatoms. The molecule has 24 heavy (non-hydrogen) atoms. The Morgan fingerprint density at radius 1 is 1.12 bits per heavy atom. The van der Waals surface area contributed by atoms with Crippen molar-refractivity contribution < 1.29 is 26.4 Å². The smallest absolute Gasteiger partial charge is 0.307 e. The van der Waals surface area contributed by atoms with Gasteiger partial charge in [0.15, 0.2) is 9.84 Å². The summed E-state index contributed by atoms with van der Waals surface area (Å²) in [6.45, 7) is 0. The summed E-state index contributed by atoms with van der Waals surface area (Å²) in [7, 11) is -3.18. The SMILES string of the molecule is CS(=O)(=O)Cc1ccc(C(=O)Nc2ccc(C(F)(F)F)cn2)cc1. The molecule has 0 aliphatic rings. The molecule has 1 amide bonds. The molecule has 1 N–H and O–H groups in total. The fraction of sp³-hybridized carbons (Fsp3) is 0.200. The highest BCUT2D eigenvalue weighted by Crippen LogP contribution is 2.28. The van der Waals surface area contributed by atoms with Crippen LogP contribution >= 0.6 is 0 Å². The number of sulfone groups is 1. The quantitative estimate of drug-likeness (QED) is 0.912. The van der Waals surface area contributed by atoms with Crippen molar-refractivity contribution >= 4 is 21.6 Å². The van der Waals surface area contributed by atoms with Crippen LogP contribution in [0.25, 0.3) is 0 Å². The zero-order chi connectivity index (χ0) is 18.0. The van der Waals surface area contributed by atoms with Crippen molar-refractivity contribution in [2.45, 2.75) is 11.9 Å². The van der Waals surface area contributed by atoms with Crippen molar-refractivity contribution in [2.75, 3.05) is 11.6 Å². The molecule has 0 saturated heterocycles. The predicted molar refractivity (Wildman–Crippen MR) is 82.2 cm³/mol. The Kier molecular flexibility index (Phi) is 4.93. The first-order valence-electron chi connectivity index (χ1n) is 6.66. The van der Waals surface area contributed by atoms with Crippen molar-refractivity contribution in [2.24, 2.45) is 0 Å². The fourth-order valence-electron chi connectivity index (χ4n) is 1.88. The van der Waals surface area contributed by atoms with Crippen LogP contribution in [0, 0.1) is 0 Å². The van der Waals surface area contributed by atoms with Gasteiger partial charge in [-0.15, -0.1) is 0 Å². The van der Waals surface area contributed by atoms with E-state index in [2.05, 4.69) is 10.3 Å². The third-order valence-corrected chi connectivity index (χ3v) is 3.84. The minimum Gasteiger partial charge on any atom is -0.307 e. The summed E-state index contributed by atoms with van der Waals surface area (Å²) < 4.78 is 59.7. The molecule has 0 aliphatic heterocycles. The number of amides is 1. The molecule has 2 rings (SSSR count). The number of nitrogens with one attached hydrogen (secondary N) is 1. The second-order valence-electron chi connectivity index (χ2n) is 5.15. The minimum absolute atomic E-state index is 0.0202. The lowest BCUT2D eigenvalue weighted by molar-refractivity contribution is -0.137. The first kappa shape index (κ1) is 17.9. The summed E-state index contributed by atoms with van der Waals surface area (Å²) in [5, 5.41) is 2.37. The zero-order valence-corrected chi connectivity index (χ0v) is 13.3. The number of pyridine rings is 1. The van der Waals surface area contributed by atoms with Crippen molar-refractivity contribution in [3.05, 3.63) is 59.3 Å². The molecule has 0 aliphatic carbocycles. The van der Waals surface area contributed by atoms with Gasteiger partial charge in [-0.3, -0.25) is 4.79 Å². The number of carbonyl (C=O) groups excluding carboxylic acids is 1. The van der Waals surface area contributed by atoms with Crippen LogP contribution in [-0.2, 0) is 21.8 Å². The van der Waals surface area contributed by atoms with Crippen molar-refractivity contribution in [1.29, 1.82) is 0 Å². The first-order chi connectivity index (χ1) is 11.0. The van der Waals surface area contributed by atoms with Gasteiger partial charge >= 0.3 is 6.18 Å². The average molecular weight is 358 g/mol. The van der Waals surface area contributed by atoms with Gasteiger partial charge in [0.05, 0.1) is 11.3 Å². The van der Waals surface area contributed by atoms with E-state index in [-0.39, 0.29) is 17.1 Å². The van der Waals surface area contributed by atoms with E-state index in [1.54, 1.807) is 0 Å². The number of carbonyl (C=O) groups is 1. The number of halogens is 3. The van der Waals surface area contributed by atoms with E-state index < -0.39 is 27.5 Å². The van der Waals surface area contributed by atoms with Crippen LogP contribution in [0.4, 0.5) is 19.0 Å². The lowest BCUT2D eigenvalue weighted by Crippen LogP contribution is -2.14. The fourth-order valence-corrected chi connectivity index (χ4v) is 2.68. The molecule has 128 valence electrons. The molecular formula is C15H13F3N2O3S. The van der Waals surface area contributed by atoms with Gasteiger partial charge in [0.2, 0.25) is 0 Å². The topological polar surface area (TPSA) is 76.1 Å².